The Balaban J connectivity index is 1.92. The van der Waals surface area contributed by atoms with Gasteiger partial charge in [-0.1, -0.05) is 82.9 Å². The fourth-order valence-electron chi connectivity index (χ4n) is 3.56. The molecular weight excluding hydrogens is 334 g/mol. The van der Waals surface area contributed by atoms with E-state index in [4.69, 9.17) is 4.74 Å². The Morgan fingerprint density at radius 1 is 1.04 bits per heavy atom. The van der Waals surface area contributed by atoms with E-state index in [0.717, 1.165) is 30.4 Å². The van der Waals surface area contributed by atoms with Gasteiger partial charge in [0.1, 0.15) is 5.75 Å². The van der Waals surface area contributed by atoms with Crippen LogP contribution in [-0.4, -0.2) is 19.6 Å². The minimum absolute atomic E-state index is 0.0341. The lowest BCUT2D eigenvalue weighted by atomic mass is 9.84. The number of carbonyl (C=O) groups excluding carboxylic acids is 1. The van der Waals surface area contributed by atoms with Crippen molar-refractivity contribution in [1.82, 2.24) is 5.32 Å². The molecule has 0 radical (unpaired) electrons. The highest BCUT2D eigenvalue weighted by atomic mass is 16.5. The van der Waals surface area contributed by atoms with E-state index in [1.54, 1.807) is 7.11 Å². The number of hydrogen-bond acceptors (Lipinski definition) is 2. The van der Waals surface area contributed by atoms with E-state index in [1.807, 2.05) is 12.1 Å². The van der Waals surface area contributed by atoms with Gasteiger partial charge in [0.2, 0.25) is 5.91 Å². The summed E-state index contributed by atoms with van der Waals surface area (Å²) >= 11 is 0. The number of fused-ring (bicyclic) bond motifs is 1. The first-order valence-electron chi connectivity index (χ1n) is 10.3. The Hall–Kier alpha value is -2.03. The molecule has 0 saturated carbocycles. The second-order valence-corrected chi connectivity index (χ2v) is 8.26. The number of hydrogen-bond donors (Lipinski definition) is 1. The Morgan fingerprint density at radius 3 is 2.52 bits per heavy atom. The van der Waals surface area contributed by atoms with Gasteiger partial charge in [0.25, 0.3) is 0 Å². The summed E-state index contributed by atoms with van der Waals surface area (Å²) in [6.45, 7) is 7.28. The van der Waals surface area contributed by atoms with E-state index in [1.165, 1.54) is 30.2 Å². The van der Waals surface area contributed by atoms with Gasteiger partial charge in [-0.2, -0.15) is 0 Å². The van der Waals surface area contributed by atoms with Crippen molar-refractivity contribution in [2.75, 3.05) is 13.7 Å². The van der Waals surface area contributed by atoms with Gasteiger partial charge in [-0.25, -0.2) is 0 Å². The highest BCUT2D eigenvalue weighted by Gasteiger charge is 2.22. The molecule has 0 fully saturated rings. The molecule has 0 aliphatic carbocycles. The molecule has 0 aliphatic heterocycles. The van der Waals surface area contributed by atoms with Crippen molar-refractivity contribution in [1.29, 1.82) is 0 Å². The molecule has 1 N–H and O–H groups in total. The topological polar surface area (TPSA) is 38.3 Å². The summed E-state index contributed by atoms with van der Waals surface area (Å²) in [5.41, 5.74) is 1.16. The van der Waals surface area contributed by atoms with Gasteiger partial charge in [0.15, 0.2) is 0 Å². The first kappa shape index (κ1) is 21.3. The van der Waals surface area contributed by atoms with Crippen molar-refractivity contribution in [3.05, 3.63) is 42.0 Å². The number of ether oxygens (including phenoxy) is 1. The second-order valence-electron chi connectivity index (χ2n) is 8.26. The fraction of sp³-hybridized carbons (Fsp3) is 0.542. The van der Waals surface area contributed by atoms with Gasteiger partial charge >= 0.3 is 0 Å². The third kappa shape index (κ3) is 6.57. The molecule has 0 atom stereocenters. The number of rotatable bonds is 11. The first-order chi connectivity index (χ1) is 13.0. The molecule has 2 aromatic carbocycles. The van der Waals surface area contributed by atoms with Gasteiger partial charge in [-0.05, 0) is 29.2 Å². The number of nitrogens with one attached hydrogen (secondary N) is 1. The van der Waals surface area contributed by atoms with Crippen LogP contribution in [0.25, 0.3) is 10.8 Å². The molecule has 0 aliphatic rings. The second kappa shape index (κ2) is 10.3. The van der Waals surface area contributed by atoms with Crippen LogP contribution in [0.5, 0.6) is 5.75 Å². The van der Waals surface area contributed by atoms with Crippen LogP contribution in [0, 0.1) is 5.41 Å². The summed E-state index contributed by atoms with van der Waals surface area (Å²) in [4.78, 5) is 12.1. The van der Waals surface area contributed by atoms with Crippen LogP contribution >= 0.6 is 0 Å². The Labute approximate surface area is 164 Å². The zero-order chi connectivity index (χ0) is 19.7. The summed E-state index contributed by atoms with van der Waals surface area (Å²) in [7, 11) is 1.73. The van der Waals surface area contributed by atoms with Gasteiger partial charge in [-0.3, -0.25) is 4.79 Å². The van der Waals surface area contributed by atoms with E-state index in [0.29, 0.717) is 13.0 Å². The molecule has 27 heavy (non-hydrogen) atoms. The van der Waals surface area contributed by atoms with Crippen LogP contribution in [0.2, 0.25) is 0 Å². The predicted octanol–water partition coefficient (Wildman–Crippen LogP) is 5.89. The van der Waals surface area contributed by atoms with Crippen LogP contribution in [0.4, 0.5) is 0 Å². The molecule has 0 aromatic heterocycles. The van der Waals surface area contributed by atoms with Crippen LogP contribution in [0.15, 0.2) is 36.4 Å². The molecule has 2 rings (SSSR count). The van der Waals surface area contributed by atoms with Crippen molar-refractivity contribution >= 4 is 16.7 Å². The molecule has 0 spiro atoms. The molecular formula is C24H35NO2. The first-order valence-corrected chi connectivity index (χ1v) is 10.3. The van der Waals surface area contributed by atoms with E-state index >= 15 is 0 Å². The molecule has 0 heterocycles. The largest absolute Gasteiger partial charge is 0.496 e. The van der Waals surface area contributed by atoms with Crippen molar-refractivity contribution in [2.45, 2.75) is 65.7 Å². The maximum Gasteiger partial charge on any atom is 0.220 e. The lowest BCUT2D eigenvalue weighted by molar-refractivity contribution is -0.121. The highest BCUT2D eigenvalue weighted by Crippen LogP contribution is 2.33. The van der Waals surface area contributed by atoms with Crippen LogP contribution < -0.4 is 10.1 Å². The average Bonchev–Trinajstić information content (AvgIpc) is 2.66. The summed E-state index contributed by atoms with van der Waals surface area (Å²) in [6.07, 6.45) is 7.37. The van der Waals surface area contributed by atoms with Crippen molar-refractivity contribution < 1.29 is 9.53 Å². The normalized spacial score (nSPS) is 11.6. The molecule has 0 bridgehead atoms. The molecule has 0 saturated heterocycles. The molecule has 148 valence electrons. The summed E-state index contributed by atoms with van der Waals surface area (Å²) in [6, 6.07) is 12.6. The SMILES string of the molecule is CCCCCCCC(=O)NCC(C)(C)Cc1ccc2ccccc2c1OC. The zero-order valence-corrected chi connectivity index (χ0v) is 17.4. The summed E-state index contributed by atoms with van der Waals surface area (Å²) in [5, 5.41) is 5.46. The Kier molecular flexibility index (Phi) is 8.15. The summed E-state index contributed by atoms with van der Waals surface area (Å²) < 4.78 is 5.73. The minimum Gasteiger partial charge on any atom is -0.496 e. The quantitative estimate of drug-likeness (QED) is 0.501. The molecule has 1 amide bonds. The lowest BCUT2D eigenvalue weighted by Gasteiger charge is -2.26. The average molecular weight is 370 g/mol. The monoisotopic (exact) mass is 369 g/mol. The number of methoxy groups -OCH3 is 1. The van der Waals surface area contributed by atoms with Crippen LogP contribution in [-0.2, 0) is 11.2 Å². The molecule has 3 nitrogen and oxygen atoms in total. The number of benzene rings is 2. The van der Waals surface area contributed by atoms with Crippen molar-refractivity contribution in [3.8, 4) is 5.75 Å². The molecule has 3 heteroatoms. The number of carbonyl (C=O) groups is 1. The van der Waals surface area contributed by atoms with Gasteiger partial charge in [-0.15, -0.1) is 0 Å². The van der Waals surface area contributed by atoms with Gasteiger partial charge in [0.05, 0.1) is 7.11 Å². The molecule has 2 aromatic rings. The van der Waals surface area contributed by atoms with Crippen molar-refractivity contribution in [2.24, 2.45) is 5.41 Å². The smallest absolute Gasteiger partial charge is 0.220 e. The Bertz CT molecular complexity index is 736. The fourth-order valence-corrected chi connectivity index (χ4v) is 3.56. The number of amides is 1. The zero-order valence-electron chi connectivity index (χ0n) is 17.4. The van der Waals surface area contributed by atoms with E-state index in [2.05, 4.69) is 50.4 Å². The van der Waals surface area contributed by atoms with Crippen LogP contribution in [0.3, 0.4) is 0 Å². The third-order valence-electron chi connectivity index (χ3n) is 5.11. The lowest BCUT2D eigenvalue weighted by Crippen LogP contribution is -2.35. The van der Waals surface area contributed by atoms with Crippen molar-refractivity contribution in [3.63, 3.8) is 0 Å². The summed E-state index contributed by atoms with van der Waals surface area (Å²) in [5.74, 6) is 1.12. The highest BCUT2D eigenvalue weighted by molar-refractivity contribution is 5.89. The molecule has 0 unspecified atom stereocenters. The maximum atomic E-state index is 12.1. The maximum absolute atomic E-state index is 12.1. The standard InChI is InChI=1S/C24H35NO2/c1-5-6-7-8-9-14-22(26)25-18-24(2,3)17-20-16-15-19-12-10-11-13-21(19)23(20)27-4/h10-13,15-16H,5-9,14,17-18H2,1-4H3,(H,25,26). The van der Waals surface area contributed by atoms with Gasteiger partial charge in [0, 0.05) is 18.4 Å². The van der Waals surface area contributed by atoms with E-state index in [-0.39, 0.29) is 11.3 Å². The van der Waals surface area contributed by atoms with E-state index < -0.39 is 0 Å². The predicted molar refractivity (Wildman–Crippen MR) is 114 cm³/mol. The number of unbranched alkanes of at least 4 members (excludes halogenated alkanes) is 4. The third-order valence-corrected chi connectivity index (χ3v) is 5.11. The van der Waals surface area contributed by atoms with E-state index in [9.17, 15) is 4.79 Å². The minimum atomic E-state index is -0.0341. The Morgan fingerprint density at radius 2 is 1.78 bits per heavy atom. The van der Waals surface area contributed by atoms with Crippen LogP contribution in [0.1, 0.15) is 64.9 Å². The van der Waals surface area contributed by atoms with Gasteiger partial charge < -0.3 is 10.1 Å².